The zero-order chi connectivity index (χ0) is 18.5. The molecule has 26 heavy (non-hydrogen) atoms. The summed E-state index contributed by atoms with van der Waals surface area (Å²) >= 11 is 0. The minimum atomic E-state index is -0.534. The van der Waals surface area contributed by atoms with Crippen LogP contribution in [0.1, 0.15) is 30.4 Å². The molecule has 0 aliphatic heterocycles. The van der Waals surface area contributed by atoms with E-state index < -0.39 is 5.92 Å². The van der Waals surface area contributed by atoms with Crippen molar-refractivity contribution in [2.24, 2.45) is 0 Å². The monoisotopic (exact) mass is 350 g/mol. The smallest absolute Gasteiger partial charge is 0.140 e. The number of aryl methyl sites for hydroxylation is 1. The second kappa shape index (κ2) is 8.05. The second-order valence-electron chi connectivity index (χ2n) is 6.42. The fourth-order valence-corrected chi connectivity index (χ4v) is 3.04. The van der Waals surface area contributed by atoms with Crippen molar-refractivity contribution in [2.45, 2.75) is 25.7 Å². The Labute approximate surface area is 152 Å². The number of halogens is 2. The Morgan fingerprint density at radius 3 is 2.35 bits per heavy atom. The van der Waals surface area contributed by atoms with Crippen molar-refractivity contribution in [1.29, 1.82) is 0 Å². The van der Waals surface area contributed by atoms with Gasteiger partial charge in [0.05, 0.1) is 0 Å². The third kappa shape index (κ3) is 4.23. The summed E-state index contributed by atoms with van der Waals surface area (Å²) in [5.74, 6) is -1.28. The standard InChI is InChI=1S/C23H20F2O/c1-16(23(26)13-10-17-6-5-9-20(24)14-17)21-12-11-19(15-22(21)25)18-7-3-2-4-8-18/h2-9,11-12,14-16H,10,13H2,1H3/t16-/m1/s1. The van der Waals surface area contributed by atoms with Crippen molar-refractivity contribution in [3.63, 3.8) is 0 Å². The normalized spacial score (nSPS) is 12.0. The molecule has 0 saturated heterocycles. The fraction of sp³-hybridized carbons (Fsp3) is 0.174. The van der Waals surface area contributed by atoms with Crippen LogP contribution in [-0.2, 0) is 11.2 Å². The van der Waals surface area contributed by atoms with Gasteiger partial charge in [-0.2, -0.15) is 0 Å². The number of hydrogen-bond donors (Lipinski definition) is 0. The summed E-state index contributed by atoms with van der Waals surface area (Å²) in [5, 5.41) is 0. The molecule has 0 saturated carbocycles. The zero-order valence-corrected chi connectivity index (χ0v) is 14.6. The van der Waals surface area contributed by atoms with Crippen LogP contribution in [0.3, 0.4) is 0 Å². The number of Topliss-reactive ketones (excluding diaryl/α,β-unsaturated/α-hetero) is 1. The summed E-state index contributed by atoms with van der Waals surface area (Å²) in [6, 6.07) is 20.8. The van der Waals surface area contributed by atoms with Crippen molar-refractivity contribution in [3.05, 3.63) is 95.6 Å². The molecular formula is C23H20F2O. The van der Waals surface area contributed by atoms with Crippen molar-refractivity contribution in [3.8, 4) is 11.1 Å². The van der Waals surface area contributed by atoms with Crippen LogP contribution in [0, 0.1) is 11.6 Å². The van der Waals surface area contributed by atoms with Crippen LogP contribution in [0.4, 0.5) is 8.78 Å². The summed E-state index contributed by atoms with van der Waals surface area (Å²) < 4.78 is 27.8. The molecule has 0 bridgehead atoms. The average Bonchev–Trinajstić information content (AvgIpc) is 2.66. The molecular weight excluding hydrogens is 330 g/mol. The van der Waals surface area contributed by atoms with Gasteiger partial charge in [0.25, 0.3) is 0 Å². The molecule has 1 nitrogen and oxygen atoms in total. The highest BCUT2D eigenvalue weighted by molar-refractivity contribution is 5.85. The molecule has 0 heterocycles. The summed E-state index contributed by atoms with van der Waals surface area (Å²) in [7, 11) is 0. The lowest BCUT2D eigenvalue weighted by Crippen LogP contribution is -2.12. The Balaban J connectivity index is 1.70. The highest BCUT2D eigenvalue weighted by atomic mass is 19.1. The van der Waals surface area contributed by atoms with E-state index in [1.165, 1.54) is 18.2 Å². The molecule has 0 aliphatic carbocycles. The maximum Gasteiger partial charge on any atom is 0.140 e. The van der Waals surface area contributed by atoms with Crippen molar-refractivity contribution >= 4 is 5.78 Å². The first-order valence-electron chi connectivity index (χ1n) is 8.66. The SMILES string of the molecule is C[C@@H](C(=O)CCc1cccc(F)c1)c1ccc(-c2ccccc2)cc1F. The van der Waals surface area contributed by atoms with Gasteiger partial charge in [-0.05, 0) is 46.9 Å². The van der Waals surface area contributed by atoms with Gasteiger partial charge in [0.2, 0.25) is 0 Å². The highest BCUT2D eigenvalue weighted by Crippen LogP contribution is 2.27. The van der Waals surface area contributed by atoms with Crippen LogP contribution in [0.25, 0.3) is 11.1 Å². The van der Waals surface area contributed by atoms with E-state index in [1.807, 2.05) is 36.4 Å². The number of ketones is 1. The van der Waals surface area contributed by atoms with Crippen LogP contribution in [0.15, 0.2) is 72.8 Å². The zero-order valence-electron chi connectivity index (χ0n) is 14.6. The number of benzene rings is 3. The van der Waals surface area contributed by atoms with E-state index in [2.05, 4.69) is 0 Å². The quantitative estimate of drug-likeness (QED) is 0.538. The lowest BCUT2D eigenvalue weighted by Gasteiger charge is -2.13. The van der Waals surface area contributed by atoms with Crippen LogP contribution in [-0.4, -0.2) is 5.78 Å². The Kier molecular flexibility index (Phi) is 5.57. The third-order valence-corrected chi connectivity index (χ3v) is 4.61. The van der Waals surface area contributed by atoms with Crippen molar-refractivity contribution < 1.29 is 13.6 Å². The second-order valence-corrected chi connectivity index (χ2v) is 6.42. The Bertz CT molecular complexity index is 903. The first-order chi connectivity index (χ1) is 12.5. The van der Waals surface area contributed by atoms with E-state index in [-0.39, 0.29) is 23.8 Å². The van der Waals surface area contributed by atoms with Crippen LogP contribution in [0.2, 0.25) is 0 Å². The first-order valence-corrected chi connectivity index (χ1v) is 8.66. The third-order valence-electron chi connectivity index (χ3n) is 4.61. The molecule has 3 aromatic carbocycles. The number of rotatable bonds is 6. The molecule has 3 heteroatoms. The van der Waals surface area contributed by atoms with E-state index in [1.54, 1.807) is 25.1 Å². The predicted molar refractivity (Wildman–Crippen MR) is 100.0 cm³/mol. The maximum atomic E-state index is 14.6. The van der Waals surface area contributed by atoms with Gasteiger partial charge in [-0.1, -0.05) is 61.5 Å². The Hall–Kier alpha value is -2.81. The minimum Gasteiger partial charge on any atom is -0.299 e. The van der Waals surface area contributed by atoms with E-state index in [4.69, 9.17) is 0 Å². The number of hydrogen-bond acceptors (Lipinski definition) is 1. The largest absolute Gasteiger partial charge is 0.299 e. The van der Waals surface area contributed by atoms with Gasteiger partial charge >= 0.3 is 0 Å². The molecule has 0 amide bonds. The summed E-state index contributed by atoms with van der Waals surface area (Å²) in [5.41, 5.74) is 2.88. The summed E-state index contributed by atoms with van der Waals surface area (Å²) in [6.07, 6.45) is 0.704. The maximum absolute atomic E-state index is 14.6. The molecule has 3 rings (SSSR count). The molecule has 0 N–H and O–H groups in total. The minimum absolute atomic E-state index is 0.0550. The number of carbonyl (C=O) groups excluding carboxylic acids is 1. The van der Waals surface area contributed by atoms with Gasteiger partial charge in [-0.3, -0.25) is 4.79 Å². The molecule has 0 aromatic heterocycles. The molecule has 0 unspecified atom stereocenters. The molecule has 0 radical (unpaired) electrons. The summed E-state index contributed by atoms with van der Waals surface area (Å²) in [4.78, 5) is 12.4. The molecule has 132 valence electrons. The lowest BCUT2D eigenvalue weighted by molar-refractivity contribution is -0.120. The molecule has 0 fully saturated rings. The van der Waals surface area contributed by atoms with E-state index in [0.29, 0.717) is 12.0 Å². The first kappa shape index (κ1) is 18.0. The van der Waals surface area contributed by atoms with E-state index in [0.717, 1.165) is 16.7 Å². The van der Waals surface area contributed by atoms with E-state index in [9.17, 15) is 13.6 Å². The highest BCUT2D eigenvalue weighted by Gasteiger charge is 2.19. The molecule has 0 aliphatic rings. The molecule has 0 spiro atoms. The van der Waals surface area contributed by atoms with Gasteiger partial charge in [0.1, 0.15) is 17.4 Å². The Morgan fingerprint density at radius 2 is 1.65 bits per heavy atom. The van der Waals surface area contributed by atoms with Crippen molar-refractivity contribution in [1.82, 2.24) is 0 Å². The van der Waals surface area contributed by atoms with Gasteiger partial charge in [0, 0.05) is 12.3 Å². The predicted octanol–water partition coefficient (Wildman–Crippen LogP) is 5.94. The van der Waals surface area contributed by atoms with Gasteiger partial charge in [0.15, 0.2) is 0 Å². The van der Waals surface area contributed by atoms with Gasteiger partial charge in [-0.15, -0.1) is 0 Å². The van der Waals surface area contributed by atoms with Gasteiger partial charge < -0.3 is 0 Å². The van der Waals surface area contributed by atoms with E-state index >= 15 is 0 Å². The lowest BCUT2D eigenvalue weighted by atomic mass is 9.91. The molecule has 3 aromatic rings. The van der Waals surface area contributed by atoms with Crippen LogP contribution < -0.4 is 0 Å². The summed E-state index contributed by atoms with van der Waals surface area (Å²) in [6.45, 7) is 1.72. The Morgan fingerprint density at radius 1 is 0.885 bits per heavy atom. The van der Waals surface area contributed by atoms with Crippen LogP contribution >= 0.6 is 0 Å². The van der Waals surface area contributed by atoms with Gasteiger partial charge in [-0.25, -0.2) is 8.78 Å². The average molecular weight is 350 g/mol. The molecule has 1 atom stereocenters. The van der Waals surface area contributed by atoms with Crippen LogP contribution in [0.5, 0.6) is 0 Å². The fourth-order valence-electron chi connectivity index (χ4n) is 3.04. The number of carbonyl (C=O) groups is 1. The topological polar surface area (TPSA) is 17.1 Å². The van der Waals surface area contributed by atoms with Crippen molar-refractivity contribution in [2.75, 3.05) is 0 Å².